The van der Waals surface area contributed by atoms with Crippen LogP contribution in [0.1, 0.15) is 258 Å². The second kappa shape index (κ2) is 53.0. The lowest BCUT2D eigenvalue weighted by Crippen LogP contribution is -2.26. The molecule has 0 spiro atoms. The fraction of sp³-hybridized carbons (Fsp3) is 0.488. The highest BCUT2D eigenvalue weighted by molar-refractivity contribution is 7.97. The number of rotatable bonds is 25. The van der Waals surface area contributed by atoms with Crippen molar-refractivity contribution in [1.82, 2.24) is 0 Å². The number of aromatic hydroxyl groups is 1. The van der Waals surface area contributed by atoms with Crippen LogP contribution >= 0.6 is 0 Å². The predicted molar refractivity (Wildman–Crippen MR) is 425 cm³/mol. The SMILES string of the molecule is C.C.C.C.C.C.C.C.CCC(C)(C)C(=O)OC(C)c1ccc(C)cc1.CCC(C)(C)C(=O)OCCCS(=O)(=O)[O-].CCC(C)c1ccc(O)cc1.CCC(C)c1ccc(OC(C)OCCOc2ccc(C3CCCCC3)cc2)cc1.c1ccc([S+](c2ccccc2)c2ccccc2)cc1. The molecule has 1 fully saturated rings. The van der Waals surface area contributed by atoms with Gasteiger partial charge < -0.3 is 33.3 Å². The largest absolute Gasteiger partial charge is 0.748 e. The molecule has 13 heteroatoms. The van der Waals surface area contributed by atoms with E-state index >= 15 is 0 Å². The van der Waals surface area contributed by atoms with Crippen LogP contribution in [0, 0.1) is 17.8 Å². The minimum atomic E-state index is -4.20. The molecule has 4 unspecified atom stereocenters. The highest BCUT2D eigenvalue weighted by atomic mass is 32.2. The van der Waals surface area contributed by atoms with Crippen LogP contribution in [0.2, 0.25) is 0 Å². The lowest BCUT2D eigenvalue weighted by molar-refractivity contribution is -0.159. The Hall–Kier alpha value is -6.90. The van der Waals surface area contributed by atoms with Gasteiger partial charge in [-0.15, -0.1) is 0 Å². The Labute approximate surface area is 608 Å². The quantitative estimate of drug-likeness (QED) is 0.0191. The number of esters is 2. The standard InChI is InChI=1S/C26H36O3.C18H15S.C15H22O2.C10H14O.C9H18O5S.8CH4/c1-4-20(2)22-10-16-26(17-11-22)29-21(3)27-18-19-28-25-14-12-24(13-15-25)23-8-6-5-7-9-23;1-4-10-16(11-5-1)19(17-12-6-2-7-13-17)18-14-8-3-9-15-18;1-6-15(4,5)14(16)17-12(3)13-9-7-11(2)8-10-13;1-3-8(2)9-4-6-10(11)7-5-9;1-4-9(2,3)8(10)14-6-5-7-15(11,12)13;;;;;;;;/h10-17,20-21,23H,4-9,18-19H2,1-3H3;1-15H;7-10,12H,6H2,1-5H3;4-8,11H,3H2,1-2H3;4-7H2,1-3H3,(H,11,12,13);8*1H4/q;+1;;;;;;;;;;;/p-1. The van der Waals surface area contributed by atoms with Gasteiger partial charge in [0.25, 0.3) is 0 Å². The van der Waals surface area contributed by atoms with Crippen LogP contribution < -0.4 is 9.47 Å². The van der Waals surface area contributed by atoms with E-state index in [-0.39, 0.29) is 108 Å². The summed E-state index contributed by atoms with van der Waals surface area (Å²) in [6.07, 6.45) is 10.0. The molecule has 4 atom stereocenters. The fourth-order valence-corrected chi connectivity index (χ4v) is 11.8. The first-order chi connectivity index (χ1) is 43.4. The van der Waals surface area contributed by atoms with E-state index in [9.17, 15) is 22.6 Å². The molecule has 7 aromatic carbocycles. The molecule has 99 heavy (non-hydrogen) atoms. The fourth-order valence-electron chi connectivity index (χ4n) is 9.21. The Morgan fingerprint density at radius 2 is 0.929 bits per heavy atom. The van der Waals surface area contributed by atoms with Gasteiger partial charge in [-0.1, -0.05) is 241 Å². The van der Waals surface area contributed by atoms with E-state index in [1.165, 1.54) is 69.0 Å². The van der Waals surface area contributed by atoms with Crippen molar-refractivity contribution in [3.8, 4) is 17.2 Å². The summed E-state index contributed by atoms with van der Waals surface area (Å²) >= 11 is 0. The summed E-state index contributed by atoms with van der Waals surface area (Å²) in [7, 11) is -4.22. The maximum absolute atomic E-state index is 11.9. The van der Waals surface area contributed by atoms with Gasteiger partial charge in [0.15, 0.2) is 21.0 Å². The number of carbonyl (C=O) groups excluding carboxylic acids is 2. The van der Waals surface area contributed by atoms with Crippen molar-refractivity contribution in [2.45, 2.75) is 258 Å². The Kier molecular flexibility index (Phi) is 54.0. The summed E-state index contributed by atoms with van der Waals surface area (Å²) in [5, 5.41) is 9.01. The molecular weight excluding hydrogens is 1270 g/mol. The Bertz CT molecular complexity index is 3110. The van der Waals surface area contributed by atoms with Gasteiger partial charge in [-0.05, 0) is 206 Å². The number of hydrogen-bond donors (Lipinski definition) is 1. The van der Waals surface area contributed by atoms with E-state index in [0.717, 1.165) is 42.2 Å². The van der Waals surface area contributed by atoms with Crippen molar-refractivity contribution < 1.29 is 51.4 Å². The highest BCUT2D eigenvalue weighted by Crippen LogP contribution is 2.34. The molecule has 11 nitrogen and oxygen atoms in total. The Morgan fingerprint density at radius 3 is 1.34 bits per heavy atom. The maximum atomic E-state index is 11.9. The normalized spacial score (nSPS) is 12.6. The third kappa shape index (κ3) is 37.9. The van der Waals surface area contributed by atoms with Crippen LogP contribution in [0.25, 0.3) is 0 Å². The van der Waals surface area contributed by atoms with Crippen LogP contribution in [0.5, 0.6) is 17.2 Å². The van der Waals surface area contributed by atoms with Gasteiger partial charge in [0.05, 0.1) is 45.1 Å². The minimum Gasteiger partial charge on any atom is -0.748 e. The van der Waals surface area contributed by atoms with Crippen molar-refractivity contribution in [2.24, 2.45) is 10.8 Å². The van der Waals surface area contributed by atoms with Crippen LogP contribution in [0.4, 0.5) is 0 Å². The van der Waals surface area contributed by atoms with Crippen molar-refractivity contribution in [3.63, 3.8) is 0 Å². The lowest BCUT2D eigenvalue weighted by atomic mass is 9.84. The number of hydrogen-bond acceptors (Lipinski definition) is 11. The van der Waals surface area contributed by atoms with E-state index in [1.54, 1.807) is 26.0 Å². The van der Waals surface area contributed by atoms with Crippen LogP contribution in [0.15, 0.2) is 203 Å². The van der Waals surface area contributed by atoms with Gasteiger partial charge in [0, 0.05) is 5.75 Å². The highest BCUT2D eigenvalue weighted by Gasteiger charge is 2.30. The van der Waals surface area contributed by atoms with Gasteiger partial charge in [0.1, 0.15) is 30.0 Å². The third-order valence-electron chi connectivity index (χ3n) is 16.5. The van der Waals surface area contributed by atoms with Gasteiger partial charge in [-0.2, -0.15) is 0 Å². The molecule has 0 amide bonds. The van der Waals surface area contributed by atoms with E-state index in [1.807, 2.05) is 97.0 Å². The molecule has 0 aliphatic heterocycles. The first-order valence-electron chi connectivity index (χ1n) is 32.6. The lowest BCUT2D eigenvalue weighted by Gasteiger charge is -2.23. The molecule has 0 aromatic heterocycles. The zero-order chi connectivity index (χ0) is 66.8. The molecular formula is C86H136O11S2. The molecule has 558 valence electrons. The summed E-state index contributed by atoms with van der Waals surface area (Å²) in [5.41, 5.74) is 5.38. The molecule has 1 saturated carbocycles. The van der Waals surface area contributed by atoms with Crippen molar-refractivity contribution in [1.29, 1.82) is 0 Å². The summed E-state index contributed by atoms with van der Waals surface area (Å²) in [5.74, 6) is 3.00. The predicted octanol–water partition coefficient (Wildman–Crippen LogP) is 24.8. The van der Waals surface area contributed by atoms with Crippen LogP contribution in [-0.2, 0) is 44.8 Å². The average Bonchev–Trinajstić information content (AvgIpc) is 0.819. The molecule has 1 aliphatic rings. The first-order valence-corrected chi connectivity index (χ1v) is 35.4. The molecule has 0 saturated heterocycles. The Morgan fingerprint density at radius 1 is 0.525 bits per heavy atom. The summed E-state index contributed by atoms with van der Waals surface area (Å²) in [4.78, 5) is 27.4. The third-order valence-corrected chi connectivity index (χ3v) is 19.5. The number of phenolic OH excluding ortho intramolecular Hbond substituents is 1. The summed E-state index contributed by atoms with van der Waals surface area (Å²) < 4.78 is 58.4. The van der Waals surface area contributed by atoms with Crippen LogP contribution in [0.3, 0.4) is 0 Å². The monoisotopic (exact) mass is 1410 g/mol. The summed E-state index contributed by atoms with van der Waals surface area (Å²) in [6, 6.07) is 64.6. The van der Waals surface area contributed by atoms with E-state index in [4.69, 9.17) is 28.8 Å². The molecule has 8 rings (SSSR count). The maximum Gasteiger partial charge on any atom is 0.312 e. The zero-order valence-corrected chi connectivity index (χ0v) is 58.2. The molecule has 1 aliphatic carbocycles. The van der Waals surface area contributed by atoms with Gasteiger partial charge >= 0.3 is 11.9 Å². The number of aryl methyl sites for hydroxylation is 1. The zero-order valence-electron chi connectivity index (χ0n) is 56.5. The van der Waals surface area contributed by atoms with E-state index < -0.39 is 26.7 Å². The molecule has 1 N–H and O–H groups in total. The molecule has 0 bridgehead atoms. The summed E-state index contributed by atoms with van der Waals surface area (Å²) in [6.45, 7) is 26.8. The molecule has 0 radical (unpaired) electrons. The van der Waals surface area contributed by atoms with Gasteiger partial charge in [-0.25, -0.2) is 8.42 Å². The number of benzene rings is 7. The average molecular weight is 1410 g/mol. The smallest absolute Gasteiger partial charge is 0.312 e. The first kappa shape index (κ1) is 101. The topological polar surface area (TPSA) is 158 Å². The van der Waals surface area contributed by atoms with Gasteiger partial charge in [-0.3, -0.25) is 9.59 Å². The molecule has 7 aromatic rings. The van der Waals surface area contributed by atoms with Crippen molar-refractivity contribution >= 4 is 33.0 Å². The van der Waals surface area contributed by atoms with Gasteiger partial charge in [0.2, 0.25) is 0 Å². The second-order valence-electron chi connectivity index (χ2n) is 24.5. The van der Waals surface area contributed by atoms with Crippen molar-refractivity contribution in [3.05, 3.63) is 216 Å². The van der Waals surface area contributed by atoms with Crippen LogP contribution in [-0.4, -0.2) is 61.9 Å². The van der Waals surface area contributed by atoms with E-state index in [2.05, 4.69) is 155 Å². The number of carbonyl (C=O) groups is 2. The van der Waals surface area contributed by atoms with E-state index in [0.29, 0.717) is 37.2 Å². The minimum absolute atomic E-state index is 0. The number of ether oxygens (including phenoxy) is 5. The Balaban J connectivity index is -0.000000377. The molecule has 0 heterocycles. The van der Waals surface area contributed by atoms with Crippen molar-refractivity contribution in [2.75, 3.05) is 25.6 Å². The number of phenols is 1. The second-order valence-corrected chi connectivity index (χ2v) is 28.1.